The van der Waals surface area contributed by atoms with Gasteiger partial charge in [-0.3, -0.25) is 4.79 Å². The Bertz CT molecular complexity index is 924. The van der Waals surface area contributed by atoms with Crippen molar-refractivity contribution in [1.82, 2.24) is 0 Å². The van der Waals surface area contributed by atoms with Crippen LogP contribution in [0.1, 0.15) is 10.4 Å². The van der Waals surface area contributed by atoms with E-state index in [0.717, 1.165) is 27.4 Å². The fraction of sp³-hybridized carbons (Fsp3) is 0.0556. The quantitative estimate of drug-likeness (QED) is 0.597. The highest BCUT2D eigenvalue weighted by Gasteiger charge is 2.30. The van der Waals surface area contributed by atoms with E-state index in [1.807, 2.05) is 24.3 Å². The van der Waals surface area contributed by atoms with Crippen molar-refractivity contribution in [2.75, 3.05) is 5.32 Å². The summed E-state index contributed by atoms with van der Waals surface area (Å²) in [7, 11) is 0. The molecule has 0 saturated carbocycles. The number of rotatable bonds is 3. The molecule has 3 nitrogen and oxygen atoms in total. The van der Waals surface area contributed by atoms with Crippen LogP contribution in [-0.2, 0) is 0 Å². The van der Waals surface area contributed by atoms with E-state index in [1.54, 1.807) is 12.1 Å². The Kier molecular flexibility index (Phi) is 4.67. The number of carbonyl (C=O) groups excluding carboxylic acids is 1. The maximum absolute atomic E-state index is 12.5. The third-order valence-electron chi connectivity index (χ3n) is 3.46. The second-order valence-electron chi connectivity index (χ2n) is 5.17. The van der Waals surface area contributed by atoms with Gasteiger partial charge in [0.2, 0.25) is 0 Å². The van der Waals surface area contributed by atoms with Crippen LogP contribution in [0, 0.1) is 0 Å². The topological polar surface area (TPSA) is 38.3 Å². The molecule has 0 fully saturated rings. The van der Waals surface area contributed by atoms with E-state index >= 15 is 0 Å². The number of ether oxygens (including phenoxy) is 1. The number of anilines is 1. The number of halogens is 4. The molecule has 128 valence electrons. The smallest absolute Gasteiger partial charge is 0.406 e. The predicted molar refractivity (Wildman–Crippen MR) is 92.7 cm³/mol. The predicted octanol–water partition coefficient (Wildman–Crippen LogP) is 5.75. The number of amides is 1. The molecule has 0 saturated heterocycles. The first-order chi connectivity index (χ1) is 11.8. The summed E-state index contributed by atoms with van der Waals surface area (Å²) in [5, 5.41) is 4.33. The van der Waals surface area contributed by atoms with Gasteiger partial charge in [0, 0.05) is 15.7 Å². The Morgan fingerprint density at radius 1 is 0.920 bits per heavy atom. The summed E-state index contributed by atoms with van der Waals surface area (Å²) in [4.78, 5) is 12.5. The monoisotopic (exact) mass is 409 g/mol. The van der Waals surface area contributed by atoms with Crippen molar-refractivity contribution in [3.8, 4) is 5.75 Å². The molecular weight excluding hydrogens is 399 g/mol. The summed E-state index contributed by atoms with van der Waals surface area (Å²) in [5.74, 6) is -0.701. The van der Waals surface area contributed by atoms with Crippen molar-refractivity contribution >= 4 is 38.3 Å². The Morgan fingerprint density at radius 2 is 1.56 bits per heavy atom. The first kappa shape index (κ1) is 17.3. The van der Waals surface area contributed by atoms with Gasteiger partial charge >= 0.3 is 6.36 Å². The molecular formula is C18H11BrF3NO2. The van der Waals surface area contributed by atoms with Crippen molar-refractivity contribution in [3.63, 3.8) is 0 Å². The zero-order valence-electron chi connectivity index (χ0n) is 12.6. The Hall–Kier alpha value is -2.54. The van der Waals surface area contributed by atoms with E-state index in [0.29, 0.717) is 11.3 Å². The second-order valence-corrected chi connectivity index (χ2v) is 6.02. The van der Waals surface area contributed by atoms with Gasteiger partial charge in [-0.2, -0.15) is 0 Å². The molecule has 3 aromatic carbocycles. The van der Waals surface area contributed by atoms with Crippen molar-refractivity contribution in [1.29, 1.82) is 0 Å². The number of fused-ring (bicyclic) bond motifs is 1. The molecule has 0 bridgehead atoms. The molecule has 0 radical (unpaired) electrons. The summed E-state index contributed by atoms with van der Waals surface area (Å²) >= 11 is 3.44. The van der Waals surface area contributed by atoms with Crippen molar-refractivity contribution < 1.29 is 22.7 Å². The fourth-order valence-corrected chi connectivity index (χ4v) is 2.91. The number of hydrogen-bond donors (Lipinski definition) is 1. The highest BCUT2D eigenvalue weighted by atomic mass is 79.9. The van der Waals surface area contributed by atoms with E-state index in [1.165, 1.54) is 12.1 Å². The highest BCUT2D eigenvalue weighted by molar-refractivity contribution is 9.10. The van der Waals surface area contributed by atoms with Crippen LogP contribution in [0.2, 0.25) is 0 Å². The third-order valence-corrected chi connectivity index (χ3v) is 4.15. The molecule has 0 heterocycles. The van der Waals surface area contributed by atoms with Crippen LogP contribution in [0.3, 0.4) is 0 Å². The second kappa shape index (κ2) is 6.76. The molecule has 0 spiro atoms. The SMILES string of the molecule is O=C(Nc1ccc(OC(F)(F)F)cc1)c1cccc2c(Br)cccc12. The molecule has 3 aromatic rings. The van der Waals surface area contributed by atoms with Crippen molar-refractivity contribution in [3.05, 3.63) is 70.7 Å². The molecule has 7 heteroatoms. The molecule has 0 aliphatic rings. The fourth-order valence-electron chi connectivity index (χ4n) is 2.41. The summed E-state index contributed by atoms with van der Waals surface area (Å²) in [5.41, 5.74) is 0.834. The van der Waals surface area contributed by atoms with E-state index in [-0.39, 0.29) is 11.7 Å². The Balaban J connectivity index is 1.82. The molecule has 1 amide bonds. The van der Waals surface area contributed by atoms with Crippen LogP contribution in [-0.4, -0.2) is 12.3 Å². The number of nitrogens with one attached hydrogen (secondary N) is 1. The van der Waals surface area contributed by atoms with Crippen LogP contribution in [0.25, 0.3) is 10.8 Å². The number of benzene rings is 3. The van der Waals surface area contributed by atoms with Gasteiger partial charge in [0.15, 0.2) is 0 Å². The van der Waals surface area contributed by atoms with Gasteiger partial charge in [0.1, 0.15) is 5.75 Å². The van der Waals surface area contributed by atoms with E-state index in [4.69, 9.17) is 0 Å². The molecule has 0 aliphatic carbocycles. The Labute approximate surface area is 149 Å². The molecule has 0 aromatic heterocycles. The van der Waals surface area contributed by atoms with Gasteiger partial charge in [-0.1, -0.05) is 40.2 Å². The van der Waals surface area contributed by atoms with Crippen molar-refractivity contribution in [2.24, 2.45) is 0 Å². The minimum atomic E-state index is -4.75. The average molecular weight is 410 g/mol. The van der Waals surface area contributed by atoms with Gasteiger partial charge in [0.05, 0.1) is 0 Å². The van der Waals surface area contributed by atoms with Gasteiger partial charge in [-0.25, -0.2) is 0 Å². The van der Waals surface area contributed by atoms with Crippen LogP contribution < -0.4 is 10.1 Å². The molecule has 1 N–H and O–H groups in total. The summed E-state index contributed by atoms with van der Waals surface area (Å²) in [6.07, 6.45) is -4.75. The van der Waals surface area contributed by atoms with Crippen LogP contribution in [0.5, 0.6) is 5.75 Å². The van der Waals surface area contributed by atoms with Crippen LogP contribution >= 0.6 is 15.9 Å². The Morgan fingerprint density at radius 3 is 2.24 bits per heavy atom. The third kappa shape index (κ3) is 4.11. The minimum absolute atomic E-state index is 0.348. The molecule has 0 atom stereocenters. The number of alkyl halides is 3. The number of carbonyl (C=O) groups is 1. The van der Waals surface area contributed by atoms with Gasteiger partial charge in [-0.15, -0.1) is 13.2 Å². The lowest BCUT2D eigenvalue weighted by Gasteiger charge is -2.11. The summed E-state index contributed by atoms with van der Waals surface area (Å²) in [6, 6.07) is 15.9. The normalized spacial score (nSPS) is 11.4. The van der Waals surface area contributed by atoms with E-state index in [2.05, 4.69) is 26.0 Å². The molecule has 3 rings (SSSR count). The lowest BCUT2D eigenvalue weighted by atomic mass is 10.0. The van der Waals surface area contributed by atoms with Crippen LogP contribution in [0.15, 0.2) is 65.1 Å². The molecule has 0 unspecified atom stereocenters. The molecule has 0 aliphatic heterocycles. The average Bonchev–Trinajstić information content (AvgIpc) is 2.55. The maximum Gasteiger partial charge on any atom is 0.573 e. The summed E-state index contributed by atoms with van der Waals surface area (Å²) in [6.45, 7) is 0. The largest absolute Gasteiger partial charge is 0.573 e. The zero-order chi connectivity index (χ0) is 18.0. The van der Waals surface area contributed by atoms with Gasteiger partial charge in [0.25, 0.3) is 5.91 Å². The lowest BCUT2D eigenvalue weighted by molar-refractivity contribution is -0.274. The molecule has 25 heavy (non-hydrogen) atoms. The van der Waals surface area contributed by atoms with Crippen LogP contribution in [0.4, 0.5) is 18.9 Å². The standard InChI is InChI=1S/C18H11BrF3NO2/c19-16-6-2-3-13-14(16)4-1-5-15(13)17(24)23-11-7-9-12(10-8-11)25-18(20,21)22/h1-10H,(H,23,24). The first-order valence-electron chi connectivity index (χ1n) is 7.18. The van der Waals surface area contributed by atoms with E-state index < -0.39 is 6.36 Å². The zero-order valence-corrected chi connectivity index (χ0v) is 14.2. The maximum atomic E-state index is 12.5. The lowest BCUT2D eigenvalue weighted by Crippen LogP contribution is -2.17. The number of hydrogen-bond acceptors (Lipinski definition) is 2. The first-order valence-corrected chi connectivity index (χ1v) is 7.97. The van der Waals surface area contributed by atoms with Gasteiger partial charge < -0.3 is 10.1 Å². The summed E-state index contributed by atoms with van der Waals surface area (Å²) < 4.78 is 41.1. The van der Waals surface area contributed by atoms with Crippen molar-refractivity contribution in [2.45, 2.75) is 6.36 Å². The van der Waals surface area contributed by atoms with E-state index in [9.17, 15) is 18.0 Å². The van der Waals surface area contributed by atoms with Gasteiger partial charge in [-0.05, 0) is 47.2 Å². The highest BCUT2D eigenvalue weighted by Crippen LogP contribution is 2.27. The minimum Gasteiger partial charge on any atom is -0.406 e.